The molecule has 4 aromatic rings. The number of carbonyl (C=O) groups excluding carboxylic acids is 1. The first kappa shape index (κ1) is 20.6. The van der Waals surface area contributed by atoms with Gasteiger partial charge in [-0.3, -0.25) is 9.20 Å². The number of benzene rings is 1. The summed E-state index contributed by atoms with van der Waals surface area (Å²) < 4.78 is 4.02. The van der Waals surface area contributed by atoms with E-state index in [2.05, 4.69) is 72.0 Å². The van der Waals surface area contributed by atoms with Gasteiger partial charge in [0.15, 0.2) is 0 Å². The van der Waals surface area contributed by atoms with Crippen molar-refractivity contribution in [3.05, 3.63) is 87.6 Å². The maximum atomic E-state index is 12.8. The molecule has 0 aliphatic carbocycles. The van der Waals surface area contributed by atoms with E-state index in [1.807, 2.05) is 32.2 Å². The lowest BCUT2D eigenvalue weighted by Gasteiger charge is -2.13. The number of aromatic nitrogens is 3. The Balaban J connectivity index is 1.60. The van der Waals surface area contributed by atoms with Gasteiger partial charge in [-0.25, -0.2) is 10.4 Å². The van der Waals surface area contributed by atoms with Crippen LogP contribution < -0.4 is 5.43 Å². The molecule has 0 saturated heterocycles. The summed E-state index contributed by atoms with van der Waals surface area (Å²) in [7, 11) is 0. The molecule has 0 radical (unpaired) electrons. The molecule has 6 heteroatoms. The van der Waals surface area contributed by atoms with Crippen LogP contribution in [0.5, 0.6) is 0 Å². The van der Waals surface area contributed by atoms with Crippen molar-refractivity contribution in [2.24, 2.45) is 5.10 Å². The number of carbonyl (C=O) groups is 1. The van der Waals surface area contributed by atoms with Gasteiger partial charge in [0.1, 0.15) is 11.3 Å². The van der Waals surface area contributed by atoms with Crippen LogP contribution in [0.25, 0.3) is 11.3 Å². The van der Waals surface area contributed by atoms with Gasteiger partial charge in [0, 0.05) is 28.8 Å². The first-order chi connectivity index (χ1) is 14.8. The minimum atomic E-state index is -0.284. The van der Waals surface area contributed by atoms with Crippen LogP contribution in [0, 0.1) is 41.5 Å². The van der Waals surface area contributed by atoms with Gasteiger partial charge in [0.2, 0.25) is 0 Å². The summed E-state index contributed by atoms with van der Waals surface area (Å²) in [6, 6.07) is 12.4. The van der Waals surface area contributed by atoms with Crippen LogP contribution in [0.2, 0.25) is 0 Å². The second-order valence-corrected chi connectivity index (χ2v) is 8.13. The Morgan fingerprint density at radius 3 is 2.52 bits per heavy atom. The first-order valence-electron chi connectivity index (χ1n) is 10.3. The third-order valence-corrected chi connectivity index (χ3v) is 5.62. The summed E-state index contributed by atoms with van der Waals surface area (Å²) >= 11 is 0. The topological polar surface area (TPSA) is 63.7 Å². The SMILES string of the molecule is Cc1ccc(C)c(-n2c(C)cc(/C=N/NC(=O)c3c(C)nc4cc(C)ccn34)c2C)c1. The summed E-state index contributed by atoms with van der Waals surface area (Å²) in [6.45, 7) is 12.2. The molecule has 1 amide bonds. The zero-order valence-corrected chi connectivity index (χ0v) is 18.8. The predicted octanol–water partition coefficient (Wildman–Crippen LogP) is 4.74. The van der Waals surface area contributed by atoms with E-state index < -0.39 is 0 Å². The first-order valence-corrected chi connectivity index (χ1v) is 10.3. The van der Waals surface area contributed by atoms with Crippen LogP contribution in [0.4, 0.5) is 0 Å². The third-order valence-electron chi connectivity index (χ3n) is 5.62. The third kappa shape index (κ3) is 3.77. The van der Waals surface area contributed by atoms with Gasteiger partial charge in [-0.2, -0.15) is 5.10 Å². The van der Waals surface area contributed by atoms with Crippen LogP contribution in [0.1, 0.15) is 49.8 Å². The van der Waals surface area contributed by atoms with E-state index >= 15 is 0 Å². The summed E-state index contributed by atoms with van der Waals surface area (Å²) in [5, 5.41) is 4.23. The minimum Gasteiger partial charge on any atom is -0.318 e. The van der Waals surface area contributed by atoms with Gasteiger partial charge in [-0.05, 0) is 82.5 Å². The van der Waals surface area contributed by atoms with Crippen molar-refractivity contribution in [3.8, 4) is 5.69 Å². The summed E-state index contributed by atoms with van der Waals surface area (Å²) in [4.78, 5) is 17.3. The largest absolute Gasteiger partial charge is 0.318 e. The molecule has 0 aliphatic rings. The lowest BCUT2D eigenvalue weighted by molar-refractivity contribution is 0.0948. The van der Waals surface area contributed by atoms with Crippen LogP contribution >= 0.6 is 0 Å². The van der Waals surface area contributed by atoms with E-state index in [1.165, 1.54) is 11.1 Å². The van der Waals surface area contributed by atoms with Gasteiger partial charge in [0.05, 0.1) is 11.9 Å². The lowest BCUT2D eigenvalue weighted by Crippen LogP contribution is -2.20. The van der Waals surface area contributed by atoms with Crippen LogP contribution in [-0.4, -0.2) is 26.1 Å². The normalized spacial score (nSPS) is 11.5. The molecule has 6 nitrogen and oxygen atoms in total. The van der Waals surface area contributed by atoms with E-state index in [1.54, 1.807) is 10.6 Å². The van der Waals surface area contributed by atoms with Gasteiger partial charge in [-0.15, -0.1) is 0 Å². The zero-order chi connectivity index (χ0) is 22.3. The van der Waals surface area contributed by atoms with E-state index in [9.17, 15) is 4.79 Å². The van der Waals surface area contributed by atoms with Crippen LogP contribution in [-0.2, 0) is 0 Å². The second kappa shape index (κ2) is 7.87. The number of rotatable bonds is 4. The molecule has 0 atom stereocenters. The number of fused-ring (bicyclic) bond motifs is 1. The number of pyridine rings is 1. The van der Waals surface area contributed by atoms with E-state index in [0.717, 1.165) is 33.8 Å². The highest BCUT2D eigenvalue weighted by molar-refractivity contribution is 5.95. The van der Waals surface area contributed by atoms with Gasteiger partial charge in [0.25, 0.3) is 5.91 Å². The molecule has 0 fully saturated rings. The molecule has 0 saturated carbocycles. The van der Waals surface area contributed by atoms with Crippen LogP contribution in [0.3, 0.4) is 0 Å². The molecule has 158 valence electrons. The quantitative estimate of drug-likeness (QED) is 0.388. The molecule has 0 spiro atoms. The maximum Gasteiger partial charge on any atom is 0.290 e. The smallest absolute Gasteiger partial charge is 0.290 e. The number of nitrogens with zero attached hydrogens (tertiary/aromatic N) is 4. The van der Waals surface area contributed by atoms with Crippen molar-refractivity contribution in [3.63, 3.8) is 0 Å². The second-order valence-electron chi connectivity index (χ2n) is 8.13. The number of hydrazone groups is 1. The fourth-order valence-corrected chi connectivity index (χ4v) is 4.00. The Labute approximate surface area is 182 Å². The molecule has 0 bridgehead atoms. The fraction of sp³-hybridized carbons (Fsp3) is 0.240. The molecule has 4 rings (SSSR count). The number of hydrogen-bond acceptors (Lipinski definition) is 3. The summed E-state index contributed by atoms with van der Waals surface area (Å²) in [6.07, 6.45) is 3.56. The average molecular weight is 414 g/mol. The van der Waals surface area contributed by atoms with E-state index in [4.69, 9.17) is 0 Å². The Bertz CT molecular complexity index is 1340. The highest BCUT2D eigenvalue weighted by Gasteiger charge is 2.16. The molecule has 1 aromatic carbocycles. The van der Waals surface area contributed by atoms with Gasteiger partial charge < -0.3 is 4.57 Å². The van der Waals surface area contributed by atoms with Gasteiger partial charge >= 0.3 is 0 Å². The number of hydrogen-bond donors (Lipinski definition) is 1. The molecule has 0 unspecified atom stereocenters. The van der Waals surface area contributed by atoms with Crippen molar-refractivity contribution < 1.29 is 4.79 Å². The molecule has 31 heavy (non-hydrogen) atoms. The summed E-state index contributed by atoms with van der Waals surface area (Å²) in [5.74, 6) is -0.284. The van der Waals surface area contributed by atoms with Crippen molar-refractivity contribution in [2.75, 3.05) is 0 Å². The van der Waals surface area contributed by atoms with Crippen molar-refractivity contribution in [1.82, 2.24) is 19.4 Å². The monoisotopic (exact) mass is 413 g/mol. The van der Waals surface area contributed by atoms with Crippen molar-refractivity contribution >= 4 is 17.8 Å². The summed E-state index contributed by atoms with van der Waals surface area (Å²) in [5.41, 5.74) is 12.4. The predicted molar refractivity (Wildman–Crippen MR) is 124 cm³/mol. The van der Waals surface area contributed by atoms with Crippen LogP contribution in [0.15, 0.2) is 47.7 Å². The molecular weight excluding hydrogens is 386 g/mol. The fourth-order valence-electron chi connectivity index (χ4n) is 4.00. The highest BCUT2D eigenvalue weighted by atomic mass is 16.2. The molecule has 1 N–H and O–H groups in total. The highest BCUT2D eigenvalue weighted by Crippen LogP contribution is 2.23. The van der Waals surface area contributed by atoms with Crippen molar-refractivity contribution in [2.45, 2.75) is 41.5 Å². The Kier molecular flexibility index (Phi) is 5.23. The molecule has 0 aliphatic heterocycles. The van der Waals surface area contributed by atoms with E-state index in [0.29, 0.717) is 11.4 Å². The average Bonchev–Trinajstić information content (AvgIpc) is 3.18. The number of imidazole rings is 1. The zero-order valence-electron chi connectivity index (χ0n) is 18.8. The number of aryl methyl sites for hydroxylation is 5. The van der Waals surface area contributed by atoms with Crippen molar-refractivity contribution in [1.29, 1.82) is 0 Å². The Morgan fingerprint density at radius 2 is 1.74 bits per heavy atom. The maximum absolute atomic E-state index is 12.8. The molecule has 3 aromatic heterocycles. The molecule has 3 heterocycles. The number of amides is 1. The Morgan fingerprint density at radius 1 is 1.00 bits per heavy atom. The standard InChI is InChI=1S/C25H27N5O/c1-15-7-8-17(3)22(11-15)30-18(4)13-21(20(30)6)14-26-28-25(31)24-19(5)27-23-12-16(2)9-10-29(23)24/h7-14H,1-6H3,(H,28,31)/b26-14+. The Hall–Kier alpha value is -3.67. The molecular formula is C25H27N5O. The van der Waals surface area contributed by atoms with E-state index in [-0.39, 0.29) is 5.91 Å². The number of nitrogens with one attached hydrogen (secondary N) is 1. The lowest BCUT2D eigenvalue weighted by atomic mass is 10.1. The van der Waals surface area contributed by atoms with Gasteiger partial charge in [-0.1, -0.05) is 12.1 Å². The minimum absolute atomic E-state index is 0.284.